The second-order valence-electron chi connectivity index (χ2n) is 5.11. The molecule has 0 bridgehead atoms. The van der Waals surface area contributed by atoms with Gasteiger partial charge in [-0.25, -0.2) is 0 Å². The summed E-state index contributed by atoms with van der Waals surface area (Å²) >= 11 is 0. The molecular formula is C15H19N3O2. The maximum atomic E-state index is 6.15. The zero-order valence-corrected chi connectivity index (χ0v) is 11.6. The van der Waals surface area contributed by atoms with Gasteiger partial charge in [0.25, 0.3) is 0 Å². The normalized spacial score (nSPS) is 17.8. The molecular weight excluding hydrogens is 254 g/mol. The molecule has 0 fully saturated rings. The molecule has 1 aromatic heterocycles. The minimum Gasteiger partial charge on any atom is -0.485 e. The molecule has 2 N–H and O–H groups in total. The van der Waals surface area contributed by atoms with E-state index in [1.807, 2.05) is 19.1 Å². The van der Waals surface area contributed by atoms with Gasteiger partial charge in [-0.15, -0.1) is 0 Å². The number of ether oxygens (including phenoxy) is 1. The maximum Gasteiger partial charge on any atom is 0.226 e. The van der Waals surface area contributed by atoms with Crippen LogP contribution in [0.5, 0.6) is 5.75 Å². The van der Waals surface area contributed by atoms with Crippen molar-refractivity contribution in [1.82, 2.24) is 10.1 Å². The molecule has 0 unspecified atom stereocenters. The first kappa shape index (κ1) is 13.1. The van der Waals surface area contributed by atoms with Crippen LogP contribution in [0.15, 0.2) is 22.7 Å². The number of aromatic nitrogens is 2. The van der Waals surface area contributed by atoms with Crippen molar-refractivity contribution in [3.63, 3.8) is 0 Å². The number of rotatable bonds is 4. The molecule has 0 radical (unpaired) electrons. The van der Waals surface area contributed by atoms with Crippen LogP contribution in [0, 0.1) is 0 Å². The third-order valence-corrected chi connectivity index (χ3v) is 3.66. The molecule has 1 atom stereocenters. The second-order valence-corrected chi connectivity index (χ2v) is 5.11. The molecule has 0 saturated carbocycles. The monoisotopic (exact) mass is 273 g/mol. The number of fused-ring (bicyclic) bond motifs is 1. The van der Waals surface area contributed by atoms with Gasteiger partial charge in [0.2, 0.25) is 11.7 Å². The van der Waals surface area contributed by atoms with Crippen molar-refractivity contribution in [2.24, 2.45) is 5.73 Å². The third kappa shape index (κ3) is 2.67. The lowest BCUT2D eigenvalue weighted by molar-refractivity contribution is 0.284. The summed E-state index contributed by atoms with van der Waals surface area (Å²) in [6, 6.07) is 6.26. The van der Waals surface area contributed by atoms with Crippen LogP contribution in [0.4, 0.5) is 0 Å². The molecule has 1 aliphatic carbocycles. The van der Waals surface area contributed by atoms with Crippen molar-refractivity contribution in [2.75, 3.05) is 0 Å². The summed E-state index contributed by atoms with van der Waals surface area (Å²) in [5.74, 6) is 2.02. The van der Waals surface area contributed by atoms with Gasteiger partial charge < -0.3 is 15.0 Å². The minimum atomic E-state index is 0.124. The molecule has 0 spiro atoms. The summed E-state index contributed by atoms with van der Waals surface area (Å²) in [6.07, 6.45) is 4.05. The topological polar surface area (TPSA) is 74.2 Å². The van der Waals surface area contributed by atoms with E-state index in [0.717, 1.165) is 31.4 Å². The molecule has 20 heavy (non-hydrogen) atoms. The largest absolute Gasteiger partial charge is 0.485 e. The highest BCUT2D eigenvalue weighted by Crippen LogP contribution is 2.30. The van der Waals surface area contributed by atoms with Gasteiger partial charge in [-0.3, -0.25) is 0 Å². The molecule has 0 saturated heterocycles. The lowest BCUT2D eigenvalue weighted by Crippen LogP contribution is -2.17. The Bertz CT molecular complexity index is 595. The second kappa shape index (κ2) is 5.63. The number of aryl methyl sites for hydroxylation is 2. The average Bonchev–Trinajstić information content (AvgIpc) is 2.94. The van der Waals surface area contributed by atoms with E-state index < -0.39 is 0 Å². The fourth-order valence-corrected chi connectivity index (χ4v) is 2.54. The van der Waals surface area contributed by atoms with Crippen molar-refractivity contribution in [3.8, 4) is 5.75 Å². The zero-order chi connectivity index (χ0) is 13.9. The Morgan fingerprint density at radius 2 is 2.35 bits per heavy atom. The molecule has 5 nitrogen and oxygen atoms in total. The molecule has 1 heterocycles. The van der Waals surface area contributed by atoms with Crippen LogP contribution in [0.1, 0.15) is 48.6 Å². The van der Waals surface area contributed by atoms with E-state index in [2.05, 4.69) is 16.2 Å². The van der Waals surface area contributed by atoms with E-state index in [-0.39, 0.29) is 6.04 Å². The Balaban J connectivity index is 1.70. The molecule has 1 aromatic carbocycles. The van der Waals surface area contributed by atoms with Gasteiger partial charge in [-0.1, -0.05) is 18.1 Å². The molecule has 1 aliphatic rings. The lowest BCUT2D eigenvalue weighted by atomic mass is 9.88. The number of hydrogen-bond donors (Lipinski definition) is 1. The Morgan fingerprint density at radius 1 is 1.45 bits per heavy atom. The van der Waals surface area contributed by atoms with E-state index in [0.29, 0.717) is 18.3 Å². The van der Waals surface area contributed by atoms with Crippen molar-refractivity contribution < 1.29 is 9.26 Å². The van der Waals surface area contributed by atoms with E-state index in [1.165, 1.54) is 11.1 Å². The van der Waals surface area contributed by atoms with Gasteiger partial charge in [0.15, 0.2) is 6.61 Å². The summed E-state index contributed by atoms with van der Waals surface area (Å²) in [4.78, 5) is 4.22. The van der Waals surface area contributed by atoms with Gasteiger partial charge in [0.1, 0.15) is 5.75 Å². The summed E-state index contributed by atoms with van der Waals surface area (Å²) in [6.45, 7) is 2.29. The zero-order valence-electron chi connectivity index (χ0n) is 11.6. The van der Waals surface area contributed by atoms with Gasteiger partial charge in [-0.2, -0.15) is 4.98 Å². The minimum absolute atomic E-state index is 0.124. The molecule has 2 aromatic rings. The first-order valence-electron chi connectivity index (χ1n) is 7.09. The number of nitrogens with zero attached hydrogens (tertiary/aromatic N) is 2. The maximum absolute atomic E-state index is 6.15. The van der Waals surface area contributed by atoms with Crippen LogP contribution in [0.25, 0.3) is 0 Å². The highest BCUT2D eigenvalue weighted by molar-refractivity contribution is 5.39. The molecule has 3 rings (SSSR count). The van der Waals surface area contributed by atoms with E-state index in [1.54, 1.807) is 0 Å². The summed E-state index contributed by atoms with van der Waals surface area (Å²) in [5.41, 5.74) is 8.69. The first-order chi connectivity index (χ1) is 9.76. The molecule has 0 amide bonds. The SMILES string of the molecule is CCc1nc(COc2ccc3c(c2)[C@@H](N)CCC3)no1. The summed E-state index contributed by atoms with van der Waals surface area (Å²) < 4.78 is 10.8. The predicted octanol–water partition coefficient (Wildman–Crippen LogP) is 2.55. The average molecular weight is 273 g/mol. The highest BCUT2D eigenvalue weighted by Gasteiger charge is 2.17. The van der Waals surface area contributed by atoms with Crippen LogP contribution in [0.3, 0.4) is 0 Å². The lowest BCUT2D eigenvalue weighted by Gasteiger charge is -2.22. The quantitative estimate of drug-likeness (QED) is 0.926. The molecule has 5 heteroatoms. The molecule has 0 aliphatic heterocycles. The third-order valence-electron chi connectivity index (χ3n) is 3.66. The number of nitrogens with two attached hydrogens (primary N) is 1. The summed E-state index contributed by atoms with van der Waals surface area (Å²) in [7, 11) is 0. The Morgan fingerprint density at radius 3 is 3.15 bits per heavy atom. The highest BCUT2D eigenvalue weighted by atomic mass is 16.5. The standard InChI is InChI=1S/C15H19N3O2/c1-2-15-17-14(18-20-15)9-19-11-7-6-10-4-3-5-13(16)12(10)8-11/h6-8,13H,2-5,9,16H2,1H3/t13-/m0/s1. The smallest absolute Gasteiger partial charge is 0.226 e. The van der Waals surface area contributed by atoms with Gasteiger partial charge >= 0.3 is 0 Å². The Labute approximate surface area is 118 Å². The Kier molecular flexibility index (Phi) is 3.69. The number of hydrogen-bond acceptors (Lipinski definition) is 5. The van der Waals surface area contributed by atoms with Crippen LogP contribution in [0.2, 0.25) is 0 Å². The Hall–Kier alpha value is -1.88. The summed E-state index contributed by atoms with van der Waals surface area (Å²) in [5, 5.41) is 3.87. The first-order valence-corrected chi connectivity index (χ1v) is 7.09. The van der Waals surface area contributed by atoms with Gasteiger partial charge in [-0.05, 0) is 42.5 Å². The predicted molar refractivity (Wildman–Crippen MR) is 74.3 cm³/mol. The fraction of sp³-hybridized carbons (Fsp3) is 0.467. The van der Waals surface area contributed by atoms with E-state index in [4.69, 9.17) is 15.0 Å². The van der Waals surface area contributed by atoms with Crippen molar-refractivity contribution >= 4 is 0 Å². The van der Waals surface area contributed by atoms with Crippen molar-refractivity contribution in [2.45, 2.75) is 45.3 Å². The van der Waals surface area contributed by atoms with E-state index >= 15 is 0 Å². The van der Waals surface area contributed by atoms with Crippen molar-refractivity contribution in [3.05, 3.63) is 41.0 Å². The molecule has 106 valence electrons. The fourth-order valence-electron chi connectivity index (χ4n) is 2.54. The van der Waals surface area contributed by atoms with Crippen LogP contribution >= 0.6 is 0 Å². The van der Waals surface area contributed by atoms with Gasteiger partial charge in [0, 0.05) is 12.5 Å². The van der Waals surface area contributed by atoms with Crippen LogP contribution < -0.4 is 10.5 Å². The van der Waals surface area contributed by atoms with Crippen LogP contribution in [-0.4, -0.2) is 10.1 Å². The van der Waals surface area contributed by atoms with Crippen molar-refractivity contribution in [1.29, 1.82) is 0 Å². The van der Waals surface area contributed by atoms with E-state index in [9.17, 15) is 0 Å². The van der Waals surface area contributed by atoms with Gasteiger partial charge in [0.05, 0.1) is 0 Å². The van der Waals surface area contributed by atoms with Crippen LogP contribution in [-0.2, 0) is 19.4 Å². The number of benzene rings is 1.